The standard InChI is InChI=1S/C19H13NO3/c1-23-16-8-9-17(19(21)22)14(11-16)7-6-13-10-15-4-2-3-5-18(15)20-12-13/h2-5,8-12H,1H3,(H,21,22). The number of carboxylic acids is 1. The highest BCUT2D eigenvalue weighted by Crippen LogP contribution is 2.17. The third-order valence-electron chi connectivity index (χ3n) is 3.39. The minimum absolute atomic E-state index is 0.145. The Hall–Kier alpha value is -3.32. The number of para-hydroxylation sites is 1. The van der Waals surface area contributed by atoms with Crippen molar-refractivity contribution >= 4 is 16.9 Å². The lowest BCUT2D eigenvalue weighted by molar-refractivity contribution is 0.0696. The molecular weight excluding hydrogens is 290 g/mol. The molecule has 3 aromatic rings. The van der Waals surface area contributed by atoms with E-state index in [2.05, 4.69) is 16.8 Å². The molecule has 23 heavy (non-hydrogen) atoms. The van der Waals surface area contributed by atoms with E-state index >= 15 is 0 Å². The molecule has 1 heterocycles. The number of aromatic carboxylic acids is 1. The van der Waals surface area contributed by atoms with Crippen LogP contribution in [0.2, 0.25) is 0 Å². The molecule has 4 nitrogen and oxygen atoms in total. The van der Waals surface area contributed by atoms with Crippen LogP contribution in [-0.4, -0.2) is 23.2 Å². The Balaban J connectivity index is 2.04. The first-order chi connectivity index (χ1) is 11.2. The van der Waals surface area contributed by atoms with Crippen LogP contribution in [0.1, 0.15) is 21.5 Å². The number of benzene rings is 2. The van der Waals surface area contributed by atoms with Crippen LogP contribution < -0.4 is 4.74 Å². The molecule has 112 valence electrons. The summed E-state index contributed by atoms with van der Waals surface area (Å²) in [4.78, 5) is 15.6. The van der Waals surface area contributed by atoms with Crippen LogP contribution in [0.4, 0.5) is 0 Å². The molecule has 2 aromatic carbocycles. The first-order valence-corrected chi connectivity index (χ1v) is 6.95. The second-order valence-corrected chi connectivity index (χ2v) is 4.88. The van der Waals surface area contributed by atoms with Crippen molar-refractivity contribution < 1.29 is 14.6 Å². The first kappa shape index (κ1) is 14.6. The molecule has 0 aliphatic rings. The number of fused-ring (bicyclic) bond motifs is 1. The number of aromatic nitrogens is 1. The third-order valence-corrected chi connectivity index (χ3v) is 3.39. The molecule has 0 radical (unpaired) electrons. The Labute approximate surface area is 133 Å². The van der Waals surface area contributed by atoms with Crippen LogP contribution in [0.5, 0.6) is 5.75 Å². The number of ether oxygens (including phenoxy) is 1. The summed E-state index contributed by atoms with van der Waals surface area (Å²) in [5.41, 5.74) is 2.17. The number of carboxylic acid groups (broad SMARTS) is 1. The lowest BCUT2D eigenvalue weighted by Crippen LogP contribution is -2.00. The molecule has 0 unspecified atom stereocenters. The summed E-state index contributed by atoms with van der Waals surface area (Å²) in [6, 6.07) is 14.4. The van der Waals surface area contributed by atoms with Crippen molar-refractivity contribution in [2.24, 2.45) is 0 Å². The molecule has 0 amide bonds. The Morgan fingerprint density at radius 2 is 1.96 bits per heavy atom. The number of hydrogen-bond donors (Lipinski definition) is 1. The van der Waals surface area contributed by atoms with Crippen molar-refractivity contribution in [2.45, 2.75) is 0 Å². The van der Waals surface area contributed by atoms with E-state index < -0.39 is 5.97 Å². The molecule has 0 spiro atoms. The largest absolute Gasteiger partial charge is 0.497 e. The van der Waals surface area contributed by atoms with Gasteiger partial charge in [-0.05, 0) is 30.3 Å². The summed E-state index contributed by atoms with van der Waals surface area (Å²) < 4.78 is 5.13. The van der Waals surface area contributed by atoms with E-state index in [4.69, 9.17) is 4.74 Å². The number of pyridine rings is 1. The van der Waals surface area contributed by atoms with Crippen molar-refractivity contribution in [3.8, 4) is 17.6 Å². The monoisotopic (exact) mass is 303 g/mol. The second-order valence-electron chi connectivity index (χ2n) is 4.88. The fourth-order valence-electron chi connectivity index (χ4n) is 2.22. The summed E-state index contributed by atoms with van der Waals surface area (Å²) in [6.07, 6.45) is 1.68. The van der Waals surface area contributed by atoms with E-state index in [-0.39, 0.29) is 5.56 Å². The van der Waals surface area contributed by atoms with Gasteiger partial charge < -0.3 is 9.84 Å². The molecule has 1 N–H and O–H groups in total. The van der Waals surface area contributed by atoms with Crippen LogP contribution in [0.25, 0.3) is 10.9 Å². The normalized spacial score (nSPS) is 9.96. The van der Waals surface area contributed by atoms with Crippen LogP contribution in [0.15, 0.2) is 54.7 Å². The summed E-state index contributed by atoms with van der Waals surface area (Å²) in [5, 5.41) is 10.2. The number of hydrogen-bond acceptors (Lipinski definition) is 3. The van der Waals surface area contributed by atoms with E-state index in [0.29, 0.717) is 11.3 Å². The maximum absolute atomic E-state index is 11.3. The van der Waals surface area contributed by atoms with Crippen LogP contribution in [0.3, 0.4) is 0 Å². The van der Waals surface area contributed by atoms with E-state index in [1.807, 2.05) is 30.3 Å². The Morgan fingerprint density at radius 3 is 2.74 bits per heavy atom. The van der Waals surface area contributed by atoms with E-state index in [1.54, 1.807) is 18.3 Å². The molecule has 0 saturated carbocycles. The quantitative estimate of drug-likeness (QED) is 0.738. The Kier molecular flexibility index (Phi) is 3.94. The predicted molar refractivity (Wildman–Crippen MR) is 87.7 cm³/mol. The highest BCUT2D eigenvalue weighted by Gasteiger charge is 2.09. The highest BCUT2D eigenvalue weighted by atomic mass is 16.5. The molecule has 0 fully saturated rings. The topological polar surface area (TPSA) is 59.4 Å². The second kappa shape index (κ2) is 6.20. The molecule has 3 rings (SSSR count). The lowest BCUT2D eigenvalue weighted by Gasteiger charge is -2.03. The van der Waals surface area contributed by atoms with Gasteiger partial charge in [0.2, 0.25) is 0 Å². The van der Waals surface area contributed by atoms with Gasteiger partial charge in [0.05, 0.1) is 18.2 Å². The molecule has 4 heteroatoms. The van der Waals surface area contributed by atoms with Gasteiger partial charge in [-0.2, -0.15) is 0 Å². The van der Waals surface area contributed by atoms with Crippen molar-refractivity contribution in [1.82, 2.24) is 4.98 Å². The maximum Gasteiger partial charge on any atom is 0.336 e. The predicted octanol–water partition coefficient (Wildman–Crippen LogP) is 3.34. The van der Waals surface area contributed by atoms with Crippen LogP contribution in [0, 0.1) is 11.8 Å². The summed E-state index contributed by atoms with van der Waals surface area (Å²) in [6.45, 7) is 0. The van der Waals surface area contributed by atoms with Gasteiger partial charge in [0, 0.05) is 22.7 Å². The summed E-state index contributed by atoms with van der Waals surface area (Å²) in [5.74, 6) is 5.41. The van der Waals surface area contributed by atoms with Crippen LogP contribution >= 0.6 is 0 Å². The van der Waals surface area contributed by atoms with Crippen molar-refractivity contribution in [3.63, 3.8) is 0 Å². The minimum atomic E-state index is -1.02. The van der Waals surface area contributed by atoms with E-state index in [0.717, 1.165) is 16.5 Å². The van der Waals surface area contributed by atoms with E-state index in [1.165, 1.54) is 13.2 Å². The molecule has 0 aliphatic heterocycles. The average Bonchev–Trinajstić information content (AvgIpc) is 2.59. The fraction of sp³-hybridized carbons (Fsp3) is 0.0526. The third kappa shape index (κ3) is 3.14. The first-order valence-electron chi connectivity index (χ1n) is 6.95. The summed E-state index contributed by atoms with van der Waals surface area (Å²) >= 11 is 0. The van der Waals surface area contributed by atoms with Crippen LogP contribution in [-0.2, 0) is 0 Å². The van der Waals surface area contributed by atoms with Gasteiger partial charge in [-0.25, -0.2) is 4.79 Å². The average molecular weight is 303 g/mol. The molecular formula is C19H13NO3. The van der Waals surface area contributed by atoms with Crippen molar-refractivity contribution in [1.29, 1.82) is 0 Å². The van der Waals surface area contributed by atoms with Gasteiger partial charge in [0.25, 0.3) is 0 Å². The van der Waals surface area contributed by atoms with Gasteiger partial charge in [0.15, 0.2) is 0 Å². The number of nitrogens with zero attached hydrogens (tertiary/aromatic N) is 1. The minimum Gasteiger partial charge on any atom is -0.497 e. The summed E-state index contributed by atoms with van der Waals surface area (Å²) in [7, 11) is 1.53. The Bertz CT molecular complexity index is 951. The molecule has 1 aromatic heterocycles. The number of carbonyl (C=O) groups is 1. The van der Waals surface area contributed by atoms with E-state index in [9.17, 15) is 9.90 Å². The molecule has 0 aliphatic carbocycles. The van der Waals surface area contributed by atoms with Gasteiger partial charge in [-0.3, -0.25) is 4.98 Å². The Morgan fingerprint density at radius 1 is 1.13 bits per heavy atom. The van der Waals surface area contributed by atoms with Crippen molar-refractivity contribution in [2.75, 3.05) is 7.11 Å². The van der Waals surface area contributed by atoms with Gasteiger partial charge in [-0.15, -0.1) is 0 Å². The van der Waals surface area contributed by atoms with Gasteiger partial charge >= 0.3 is 5.97 Å². The maximum atomic E-state index is 11.3. The SMILES string of the molecule is COc1ccc(C(=O)O)c(C#Cc2cnc3ccccc3c2)c1. The van der Waals surface area contributed by atoms with Gasteiger partial charge in [-0.1, -0.05) is 30.0 Å². The number of methoxy groups -OCH3 is 1. The van der Waals surface area contributed by atoms with Crippen molar-refractivity contribution in [3.05, 3.63) is 71.4 Å². The smallest absolute Gasteiger partial charge is 0.336 e. The molecule has 0 saturated heterocycles. The molecule has 0 bridgehead atoms. The zero-order valence-corrected chi connectivity index (χ0v) is 12.4. The fourth-order valence-corrected chi connectivity index (χ4v) is 2.22. The zero-order chi connectivity index (χ0) is 16.2. The lowest BCUT2D eigenvalue weighted by atomic mass is 10.1. The molecule has 0 atom stereocenters. The highest BCUT2D eigenvalue weighted by molar-refractivity contribution is 5.91. The zero-order valence-electron chi connectivity index (χ0n) is 12.4. The number of rotatable bonds is 2. The van der Waals surface area contributed by atoms with Gasteiger partial charge in [0.1, 0.15) is 5.75 Å².